The maximum atomic E-state index is 11.9. The molecule has 0 aliphatic carbocycles. The second kappa shape index (κ2) is 5.26. The van der Waals surface area contributed by atoms with Gasteiger partial charge in [-0.05, 0) is 30.5 Å². The van der Waals surface area contributed by atoms with E-state index in [1.807, 2.05) is 0 Å². The van der Waals surface area contributed by atoms with E-state index in [0.717, 1.165) is 5.56 Å². The summed E-state index contributed by atoms with van der Waals surface area (Å²) in [5.74, 6) is 0.108. The Morgan fingerprint density at radius 3 is 2.27 bits per heavy atom. The molecule has 0 N–H and O–H groups in total. The van der Waals surface area contributed by atoms with Crippen LogP contribution in [0.2, 0.25) is 0 Å². The molecule has 0 amide bonds. The van der Waals surface area contributed by atoms with Crippen LogP contribution in [0.1, 0.15) is 18.9 Å². The zero-order valence-corrected chi connectivity index (χ0v) is 9.56. The van der Waals surface area contributed by atoms with Crippen LogP contribution >= 0.6 is 0 Å². The molecule has 2 nitrogen and oxygen atoms in total. The van der Waals surface area contributed by atoms with Crippen LogP contribution in [0.3, 0.4) is 0 Å². The van der Waals surface area contributed by atoms with Crippen LogP contribution in [-0.4, -0.2) is 20.8 Å². The Morgan fingerprint density at radius 2 is 1.80 bits per heavy atom. The van der Waals surface area contributed by atoms with E-state index in [9.17, 15) is 12.8 Å². The molecule has 0 atom stereocenters. The van der Waals surface area contributed by atoms with Crippen LogP contribution in [0.4, 0.5) is 4.39 Å². The molecule has 0 radical (unpaired) electrons. The lowest BCUT2D eigenvalue weighted by molar-refractivity contribution is 0.473. The highest BCUT2D eigenvalue weighted by Gasteiger charge is 2.10. The fourth-order valence-electron chi connectivity index (χ4n) is 1.30. The van der Waals surface area contributed by atoms with Crippen LogP contribution in [0.5, 0.6) is 0 Å². The predicted octanol–water partition coefficient (Wildman–Crippen LogP) is 2.38. The van der Waals surface area contributed by atoms with E-state index in [1.165, 1.54) is 0 Å². The molecule has 0 fully saturated rings. The highest BCUT2D eigenvalue weighted by molar-refractivity contribution is 7.91. The Balaban J connectivity index is 2.81. The number of benzene rings is 1. The summed E-state index contributed by atoms with van der Waals surface area (Å²) >= 11 is 0. The Kier molecular flexibility index (Phi) is 4.27. The first-order valence-corrected chi connectivity index (χ1v) is 6.63. The van der Waals surface area contributed by atoms with Crippen LogP contribution in [0.15, 0.2) is 29.2 Å². The Bertz CT molecular complexity index is 395. The van der Waals surface area contributed by atoms with Crippen LogP contribution in [-0.2, 0) is 16.3 Å². The van der Waals surface area contributed by atoms with E-state index < -0.39 is 9.84 Å². The molecular weight excluding hydrogens is 215 g/mol. The minimum absolute atomic E-state index is 0.108. The number of aryl methyl sites for hydroxylation is 1. The van der Waals surface area contributed by atoms with E-state index in [4.69, 9.17) is 0 Å². The van der Waals surface area contributed by atoms with Gasteiger partial charge in [-0.2, -0.15) is 0 Å². The summed E-state index contributed by atoms with van der Waals surface area (Å²) < 4.78 is 34.8. The molecule has 0 aliphatic heterocycles. The van der Waals surface area contributed by atoms with Crippen molar-refractivity contribution in [1.29, 1.82) is 0 Å². The first-order valence-electron chi connectivity index (χ1n) is 4.98. The number of alkyl halides is 1. The van der Waals surface area contributed by atoms with Gasteiger partial charge in [-0.3, -0.25) is 4.39 Å². The summed E-state index contributed by atoms with van der Waals surface area (Å²) in [6.07, 6.45) is 1.14. The van der Waals surface area contributed by atoms with E-state index >= 15 is 0 Å². The average molecular weight is 230 g/mol. The third-order valence-corrected chi connectivity index (χ3v) is 4.01. The summed E-state index contributed by atoms with van der Waals surface area (Å²) in [6, 6.07) is 6.68. The van der Waals surface area contributed by atoms with Gasteiger partial charge in [0.1, 0.15) is 0 Å². The molecule has 0 saturated carbocycles. The third kappa shape index (κ3) is 3.30. The summed E-state index contributed by atoms with van der Waals surface area (Å²) in [6.45, 7) is 1.28. The van der Waals surface area contributed by atoms with Crippen molar-refractivity contribution in [3.8, 4) is 0 Å². The van der Waals surface area contributed by atoms with E-state index in [2.05, 4.69) is 0 Å². The fraction of sp³-hybridized carbons (Fsp3) is 0.455. The summed E-state index contributed by atoms with van der Waals surface area (Å²) in [5, 5.41) is 0. The van der Waals surface area contributed by atoms with Crippen molar-refractivity contribution in [2.45, 2.75) is 24.7 Å². The maximum absolute atomic E-state index is 11.9. The van der Waals surface area contributed by atoms with Crippen molar-refractivity contribution in [1.82, 2.24) is 0 Å². The van der Waals surface area contributed by atoms with Gasteiger partial charge >= 0.3 is 0 Å². The van der Waals surface area contributed by atoms with E-state index in [0.29, 0.717) is 17.7 Å². The van der Waals surface area contributed by atoms with Gasteiger partial charge in [0.25, 0.3) is 0 Å². The van der Waals surface area contributed by atoms with Crippen LogP contribution in [0, 0.1) is 0 Å². The molecule has 0 unspecified atom stereocenters. The minimum Gasteiger partial charge on any atom is -0.251 e. The topological polar surface area (TPSA) is 34.1 Å². The molecule has 0 aliphatic rings. The van der Waals surface area contributed by atoms with Gasteiger partial charge in [-0.25, -0.2) is 8.42 Å². The summed E-state index contributed by atoms with van der Waals surface area (Å²) in [7, 11) is -3.11. The maximum Gasteiger partial charge on any atom is 0.178 e. The summed E-state index contributed by atoms with van der Waals surface area (Å²) in [5.41, 5.74) is 0.975. The number of hydrogen-bond acceptors (Lipinski definition) is 2. The molecule has 0 bridgehead atoms. The Labute approximate surface area is 90.0 Å². The minimum atomic E-state index is -3.11. The van der Waals surface area contributed by atoms with Gasteiger partial charge in [0.05, 0.1) is 17.3 Å². The molecule has 1 aromatic rings. The van der Waals surface area contributed by atoms with Gasteiger partial charge in [0.15, 0.2) is 9.84 Å². The zero-order chi connectivity index (χ0) is 11.3. The van der Waals surface area contributed by atoms with Gasteiger partial charge in [0, 0.05) is 0 Å². The average Bonchev–Trinajstić information content (AvgIpc) is 2.27. The quantitative estimate of drug-likeness (QED) is 0.778. The number of halogens is 1. The highest BCUT2D eigenvalue weighted by Crippen LogP contribution is 2.13. The van der Waals surface area contributed by atoms with Crippen LogP contribution in [0.25, 0.3) is 0 Å². The van der Waals surface area contributed by atoms with Crippen molar-refractivity contribution >= 4 is 9.84 Å². The Morgan fingerprint density at radius 1 is 1.20 bits per heavy atom. The monoisotopic (exact) mass is 230 g/mol. The molecule has 15 heavy (non-hydrogen) atoms. The first kappa shape index (κ1) is 12.2. The lowest BCUT2D eigenvalue weighted by Gasteiger charge is -2.03. The molecular formula is C11H15FO2S. The molecule has 4 heteroatoms. The van der Waals surface area contributed by atoms with Gasteiger partial charge in [-0.15, -0.1) is 0 Å². The lowest BCUT2D eigenvalue weighted by Crippen LogP contribution is -2.03. The standard InChI is InChI=1S/C11H15FO2S/c1-2-15(13,14)11-7-5-10(6-8-11)4-3-9-12/h5-8H,2-4,9H2,1H3. The van der Waals surface area contributed by atoms with Crippen molar-refractivity contribution < 1.29 is 12.8 Å². The number of rotatable bonds is 5. The van der Waals surface area contributed by atoms with Gasteiger partial charge < -0.3 is 0 Å². The lowest BCUT2D eigenvalue weighted by atomic mass is 10.1. The van der Waals surface area contributed by atoms with Crippen molar-refractivity contribution in [2.24, 2.45) is 0 Å². The third-order valence-electron chi connectivity index (χ3n) is 2.26. The molecule has 0 spiro atoms. The Hall–Kier alpha value is -0.900. The number of sulfone groups is 1. The smallest absolute Gasteiger partial charge is 0.178 e. The predicted molar refractivity (Wildman–Crippen MR) is 58.5 cm³/mol. The largest absolute Gasteiger partial charge is 0.251 e. The summed E-state index contributed by atoms with van der Waals surface area (Å²) in [4.78, 5) is 0.342. The van der Waals surface area contributed by atoms with Crippen molar-refractivity contribution in [3.63, 3.8) is 0 Å². The van der Waals surface area contributed by atoms with Crippen molar-refractivity contribution in [3.05, 3.63) is 29.8 Å². The fourth-order valence-corrected chi connectivity index (χ4v) is 2.19. The SMILES string of the molecule is CCS(=O)(=O)c1ccc(CCCF)cc1. The van der Waals surface area contributed by atoms with E-state index in [-0.39, 0.29) is 12.4 Å². The first-order chi connectivity index (χ1) is 7.10. The highest BCUT2D eigenvalue weighted by atomic mass is 32.2. The van der Waals surface area contributed by atoms with Crippen LogP contribution < -0.4 is 0 Å². The molecule has 0 saturated heterocycles. The normalized spacial score (nSPS) is 11.6. The van der Waals surface area contributed by atoms with Gasteiger partial charge in [-0.1, -0.05) is 19.1 Å². The molecule has 0 heterocycles. The second-order valence-corrected chi connectivity index (χ2v) is 5.62. The van der Waals surface area contributed by atoms with Gasteiger partial charge in [0.2, 0.25) is 0 Å². The van der Waals surface area contributed by atoms with Crippen molar-refractivity contribution in [2.75, 3.05) is 12.4 Å². The number of hydrogen-bond donors (Lipinski definition) is 0. The molecule has 84 valence electrons. The molecule has 0 aromatic heterocycles. The zero-order valence-electron chi connectivity index (χ0n) is 8.74. The molecule has 1 aromatic carbocycles. The van der Waals surface area contributed by atoms with E-state index in [1.54, 1.807) is 31.2 Å². The second-order valence-electron chi connectivity index (χ2n) is 3.34. The molecule has 1 rings (SSSR count).